The maximum absolute atomic E-state index is 14.9. The van der Waals surface area contributed by atoms with Crippen LogP contribution in [0.4, 0.5) is 4.39 Å². The highest BCUT2D eigenvalue weighted by Crippen LogP contribution is 2.36. The summed E-state index contributed by atoms with van der Waals surface area (Å²) in [4.78, 5) is 23.5. The molecule has 0 fully saturated rings. The molecule has 2 aromatic heterocycles. The van der Waals surface area contributed by atoms with Gasteiger partial charge >= 0.3 is 5.97 Å². The number of imidazole rings is 2. The van der Waals surface area contributed by atoms with Crippen molar-refractivity contribution >= 4 is 39.6 Å². The zero-order valence-electron chi connectivity index (χ0n) is 21.2. The summed E-state index contributed by atoms with van der Waals surface area (Å²) >= 11 is 6.01. The smallest absolute Gasteiger partial charge is 0.335 e. The van der Waals surface area contributed by atoms with Gasteiger partial charge in [-0.1, -0.05) is 36.7 Å². The van der Waals surface area contributed by atoms with Gasteiger partial charge in [-0.15, -0.1) is 0 Å². The molecule has 0 spiro atoms. The van der Waals surface area contributed by atoms with E-state index in [4.69, 9.17) is 21.6 Å². The van der Waals surface area contributed by atoms with Gasteiger partial charge in [0.1, 0.15) is 17.5 Å². The van der Waals surface area contributed by atoms with E-state index >= 15 is 0 Å². The largest absolute Gasteiger partial charge is 0.478 e. The number of para-hydroxylation sites is 1. The van der Waals surface area contributed by atoms with Crippen molar-refractivity contribution in [2.45, 2.75) is 38.9 Å². The molecule has 1 aliphatic heterocycles. The van der Waals surface area contributed by atoms with Crippen LogP contribution >= 0.6 is 11.6 Å². The number of hydrogen-bond acceptors (Lipinski definition) is 4. The number of aryl methyl sites for hydroxylation is 1. The molecule has 0 saturated heterocycles. The lowest BCUT2D eigenvalue weighted by atomic mass is 9.88. The fraction of sp³-hybridized carbons (Fsp3) is 0.276. The number of carbonyl (C=O) groups is 1. The maximum atomic E-state index is 14.9. The van der Waals surface area contributed by atoms with Gasteiger partial charge < -0.3 is 14.2 Å². The quantitative estimate of drug-likeness (QED) is 0.292. The monoisotopic (exact) mass is 531 g/mol. The molecule has 3 heterocycles. The Hall–Kier alpha value is -3.75. The minimum atomic E-state index is -0.951. The van der Waals surface area contributed by atoms with Gasteiger partial charge in [0.05, 0.1) is 40.7 Å². The molecule has 0 aliphatic carbocycles. The number of halogens is 2. The van der Waals surface area contributed by atoms with Crippen molar-refractivity contribution in [1.29, 1.82) is 0 Å². The van der Waals surface area contributed by atoms with Crippen molar-refractivity contribution in [3.8, 4) is 0 Å². The molecule has 1 atom stereocenters. The fourth-order valence-electron chi connectivity index (χ4n) is 5.63. The Kier molecular flexibility index (Phi) is 6.16. The molecule has 5 aromatic rings. The van der Waals surface area contributed by atoms with Crippen LogP contribution in [-0.2, 0) is 26.7 Å². The molecule has 0 bridgehead atoms. The molecule has 6 rings (SSSR count). The predicted octanol–water partition coefficient (Wildman–Crippen LogP) is 5.97. The van der Waals surface area contributed by atoms with E-state index in [0.29, 0.717) is 23.7 Å². The molecule has 38 heavy (non-hydrogen) atoms. The Bertz CT molecular complexity index is 1710. The van der Waals surface area contributed by atoms with Crippen LogP contribution in [0, 0.1) is 5.82 Å². The lowest BCUT2D eigenvalue weighted by molar-refractivity contribution is 0.0697. The Labute approximate surface area is 224 Å². The van der Waals surface area contributed by atoms with Crippen LogP contribution in [0.25, 0.3) is 22.1 Å². The van der Waals surface area contributed by atoms with Crippen LogP contribution in [0.3, 0.4) is 0 Å². The highest BCUT2D eigenvalue weighted by molar-refractivity contribution is 6.30. The number of aromatic carboxylic acids is 1. The van der Waals surface area contributed by atoms with Crippen LogP contribution in [0.2, 0.25) is 5.02 Å². The highest BCUT2D eigenvalue weighted by Gasteiger charge is 2.26. The summed E-state index contributed by atoms with van der Waals surface area (Å²) in [6.07, 6.45) is 0.738. The van der Waals surface area contributed by atoms with Crippen LogP contribution < -0.4 is 0 Å². The van der Waals surface area contributed by atoms with Crippen molar-refractivity contribution < 1.29 is 14.3 Å². The number of fused-ring (bicyclic) bond motifs is 4. The Balaban J connectivity index is 1.31. The molecule has 0 amide bonds. The normalized spacial score (nSPS) is 14.7. The molecule has 9 heteroatoms. The average Bonchev–Trinajstić information content (AvgIpc) is 3.42. The molecule has 0 saturated carbocycles. The first-order chi connectivity index (χ1) is 18.3. The minimum absolute atomic E-state index is 0.125. The van der Waals surface area contributed by atoms with E-state index in [1.54, 1.807) is 30.3 Å². The summed E-state index contributed by atoms with van der Waals surface area (Å²) in [5.41, 5.74) is 5.45. The van der Waals surface area contributed by atoms with Gasteiger partial charge in [-0.25, -0.2) is 19.2 Å². The standard InChI is InChI=1S/C29H27ClFN5O2/c1-3-19(20-9-8-18(30)14-22(20)31)21-5-4-6-24-28(21)33-27-16-35(11-12-36(24)27)15-26-32-23-10-7-17(29(37)38)13-25(23)34(26)2/h4-10,13-14,19H,3,11-12,15-16H2,1-2H3,(H,37,38). The van der Waals surface area contributed by atoms with Gasteiger partial charge in [-0.3, -0.25) is 4.90 Å². The Morgan fingerprint density at radius 3 is 2.68 bits per heavy atom. The number of carboxylic acids is 1. The molecular formula is C29H27ClFN5O2. The fourth-order valence-corrected chi connectivity index (χ4v) is 5.79. The van der Waals surface area contributed by atoms with E-state index in [0.717, 1.165) is 58.8 Å². The van der Waals surface area contributed by atoms with E-state index < -0.39 is 5.97 Å². The Morgan fingerprint density at radius 2 is 1.92 bits per heavy atom. The van der Waals surface area contributed by atoms with Crippen LogP contribution in [-0.4, -0.2) is 41.6 Å². The third-order valence-corrected chi connectivity index (χ3v) is 7.84. The second-order valence-corrected chi connectivity index (χ2v) is 10.3. The van der Waals surface area contributed by atoms with Crippen LogP contribution in [0.5, 0.6) is 0 Å². The predicted molar refractivity (Wildman–Crippen MR) is 145 cm³/mol. The highest BCUT2D eigenvalue weighted by atomic mass is 35.5. The lowest BCUT2D eigenvalue weighted by Gasteiger charge is -2.27. The van der Waals surface area contributed by atoms with Gasteiger partial charge in [0.15, 0.2) is 0 Å². The summed E-state index contributed by atoms with van der Waals surface area (Å²) in [6.45, 7) is 4.95. The van der Waals surface area contributed by atoms with E-state index in [9.17, 15) is 14.3 Å². The minimum Gasteiger partial charge on any atom is -0.478 e. The van der Waals surface area contributed by atoms with Crippen molar-refractivity contribution in [1.82, 2.24) is 24.0 Å². The first-order valence-electron chi connectivity index (χ1n) is 12.7. The number of carboxylic acid groups (broad SMARTS) is 1. The van der Waals surface area contributed by atoms with E-state index in [2.05, 4.69) is 22.5 Å². The summed E-state index contributed by atoms with van der Waals surface area (Å²) in [7, 11) is 1.92. The summed E-state index contributed by atoms with van der Waals surface area (Å²) in [5, 5.41) is 9.73. The third-order valence-electron chi connectivity index (χ3n) is 7.60. The first-order valence-corrected chi connectivity index (χ1v) is 13.1. The van der Waals surface area contributed by atoms with Gasteiger partial charge in [0.25, 0.3) is 0 Å². The zero-order valence-corrected chi connectivity index (χ0v) is 21.9. The zero-order chi connectivity index (χ0) is 26.6. The lowest BCUT2D eigenvalue weighted by Crippen LogP contribution is -2.34. The van der Waals surface area contributed by atoms with Gasteiger partial charge in [0.2, 0.25) is 0 Å². The molecule has 0 radical (unpaired) electrons. The molecule has 7 nitrogen and oxygen atoms in total. The second-order valence-electron chi connectivity index (χ2n) is 9.83. The molecule has 1 aliphatic rings. The van der Waals surface area contributed by atoms with E-state index in [1.807, 2.05) is 23.7 Å². The average molecular weight is 532 g/mol. The van der Waals surface area contributed by atoms with Crippen molar-refractivity contribution in [2.24, 2.45) is 7.05 Å². The number of nitrogens with zero attached hydrogens (tertiary/aromatic N) is 5. The third kappa shape index (κ3) is 4.14. The van der Waals surface area contributed by atoms with Gasteiger partial charge in [-0.2, -0.15) is 0 Å². The molecular weight excluding hydrogens is 505 g/mol. The van der Waals surface area contributed by atoms with Crippen molar-refractivity contribution in [2.75, 3.05) is 6.54 Å². The van der Waals surface area contributed by atoms with E-state index in [1.165, 1.54) is 6.07 Å². The second kappa shape index (κ2) is 9.53. The first kappa shape index (κ1) is 24.6. The van der Waals surface area contributed by atoms with E-state index in [-0.39, 0.29) is 17.3 Å². The molecule has 1 unspecified atom stereocenters. The molecule has 3 aromatic carbocycles. The topological polar surface area (TPSA) is 76.2 Å². The SMILES string of the molecule is CCC(c1ccc(Cl)cc1F)c1cccc2c1nc1n2CCN(Cc2nc3ccc(C(=O)O)cc3n2C)C1. The molecule has 194 valence electrons. The van der Waals surface area contributed by atoms with Gasteiger partial charge in [-0.05, 0) is 53.9 Å². The maximum Gasteiger partial charge on any atom is 0.335 e. The van der Waals surface area contributed by atoms with Crippen molar-refractivity contribution in [3.63, 3.8) is 0 Å². The molecule has 1 N–H and O–H groups in total. The summed E-state index contributed by atoms with van der Waals surface area (Å²) < 4.78 is 19.1. The van der Waals surface area contributed by atoms with Crippen LogP contribution in [0.1, 0.15) is 52.4 Å². The van der Waals surface area contributed by atoms with Crippen molar-refractivity contribution in [3.05, 3.63) is 93.8 Å². The van der Waals surface area contributed by atoms with Crippen LogP contribution in [0.15, 0.2) is 54.6 Å². The summed E-state index contributed by atoms with van der Waals surface area (Å²) in [6, 6.07) is 16.1. The Morgan fingerprint density at radius 1 is 1.08 bits per heavy atom. The number of aromatic nitrogens is 4. The van der Waals surface area contributed by atoms with Gasteiger partial charge in [0, 0.05) is 31.1 Å². The number of rotatable bonds is 6. The summed E-state index contributed by atoms with van der Waals surface area (Å²) in [5.74, 6) is 0.469. The number of benzene rings is 3. The number of hydrogen-bond donors (Lipinski definition) is 1.